The Morgan fingerprint density at radius 1 is 1.00 bits per heavy atom. The second-order valence-electron chi connectivity index (χ2n) is 8.83. The molecule has 1 atom stereocenters. The molecule has 1 amide bonds. The molecule has 0 radical (unpaired) electrons. The lowest BCUT2D eigenvalue weighted by molar-refractivity contribution is -0.114. The zero-order valence-electron chi connectivity index (χ0n) is 26.9. The molecule has 2 aromatic rings. The standard InChI is InChI=1S/C15H21NO2.C7H8.C5H14N2.C2H4O.2C2H6/c1-5-12(14(16)17)10-11-6-8-13(9-7-11)18-15(2,3)4;1-7-5-3-2-4-6-7;1-5(7-2)3-4-6;1-2-3;2*1-2/h6-10H,5H2,1-4H3,(H2,16,17);2-6H,1H3;5,7H,3-4,6H2,1-2H3;2H,1H3;2*1-2H3/b12-10-;;;;;. The van der Waals surface area contributed by atoms with Crippen molar-refractivity contribution in [3.8, 4) is 5.75 Å². The van der Waals surface area contributed by atoms with E-state index in [1.807, 2.05) is 111 Å². The van der Waals surface area contributed by atoms with E-state index in [9.17, 15) is 4.79 Å². The van der Waals surface area contributed by atoms with Crippen molar-refractivity contribution in [1.29, 1.82) is 0 Å². The molecule has 0 fully saturated rings. The van der Waals surface area contributed by atoms with Crippen LogP contribution in [0.15, 0.2) is 60.2 Å². The molecule has 0 saturated heterocycles. The maximum absolute atomic E-state index is 11.1. The minimum absolute atomic E-state index is 0.209. The quantitative estimate of drug-likeness (QED) is 0.249. The van der Waals surface area contributed by atoms with Crippen molar-refractivity contribution in [3.63, 3.8) is 0 Å². The van der Waals surface area contributed by atoms with Gasteiger partial charge >= 0.3 is 0 Å². The maximum atomic E-state index is 11.1. The van der Waals surface area contributed by atoms with Crippen LogP contribution in [0.3, 0.4) is 0 Å². The molecule has 2 rings (SSSR count). The number of amides is 1. The molecule has 0 bridgehead atoms. The molecule has 0 saturated carbocycles. The van der Waals surface area contributed by atoms with Gasteiger partial charge in [-0.3, -0.25) is 4.79 Å². The van der Waals surface area contributed by atoms with E-state index in [0.717, 1.165) is 30.6 Å². The van der Waals surface area contributed by atoms with E-state index in [2.05, 4.69) is 31.3 Å². The average Bonchev–Trinajstić information content (AvgIpc) is 2.91. The number of aldehydes is 1. The van der Waals surface area contributed by atoms with Crippen LogP contribution in [0.1, 0.15) is 93.2 Å². The van der Waals surface area contributed by atoms with E-state index < -0.39 is 0 Å². The monoisotopic (exact) mass is 545 g/mol. The van der Waals surface area contributed by atoms with Crippen LogP contribution in [-0.4, -0.2) is 37.4 Å². The fourth-order valence-electron chi connectivity index (χ4n) is 2.46. The minimum Gasteiger partial charge on any atom is -0.488 e. The lowest BCUT2D eigenvalue weighted by Gasteiger charge is -2.21. The van der Waals surface area contributed by atoms with Crippen molar-refractivity contribution in [2.75, 3.05) is 13.6 Å². The molecule has 0 aliphatic carbocycles. The van der Waals surface area contributed by atoms with Crippen LogP contribution in [0.5, 0.6) is 5.75 Å². The van der Waals surface area contributed by atoms with Gasteiger partial charge in [-0.2, -0.15) is 0 Å². The number of nitrogens with one attached hydrogen (secondary N) is 1. The molecule has 0 heterocycles. The first-order valence-corrected chi connectivity index (χ1v) is 14.0. The van der Waals surface area contributed by atoms with E-state index in [1.54, 1.807) is 0 Å². The number of primary amides is 1. The number of rotatable bonds is 7. The topological polar surface area (TPSA) is 107 Å². The zero-order chi connectivity index (χ0) is 31.3. The highest BCUT2D eigenvalue weighted by molar-refractivity contribution is 5.96. The van der Waals surface area contributed by atoms with Crippen LogP contribution in [0.4, 0.5) is 0 Å². The Balaban J connectivity index is -0.000000240. The molecule has 2 aromatic carbocycles. The predicted octanol–water partition coefficient (Wildman–Crippen LogP) is 7.34. The van der Waals surface area contributed by atoms with E-state index in [0.29, 0.717) is 18.0 Å². The number of hydrogen-bond donors (Lipinski definition) is 3. The minimum atomic E-state index is -0.368. The number of benzene rings is 2. The molecule has 1 unspecified atom stereocenters. The highest BCUT2D eigenvalue weighted by Crippen LogP contribution is 2.20. The number of nitrogens with two attached hydrogens (primary N) is 2. The number of carbonyl (C=O) groups excluding carboxylic acids is 2. The van der Waals surface area contributed by atoms with E-state index in [1.165, 1.54) is 12.5 Å². The second-order valence-corrected chi connectivity index (χ2v) is 8.83. The summed E-state index contributed by atoms with van der Waals surface area (Å²) in [6.07, 6.45) is 4.26. The summed E-state index contributed by atoms with van der Waals surface area (Å²) in [5.74, 6) is 0.448. The van der Waals surface area contributed by atoms with Gasteiger partial charge in [0.2, 0.25) is 5.91 Å². The maximum Gasteiger partial charge on any atom is 0.244 e. The van der Waals surface area contributed by atoms with E-state index in [4.69, 9.17) is 21.0 Å². The normalized spacial score (nSPS) is 10.4. The first-order chi connectivity index (χ1) is 18.4. The highest BCUT2D eigenvalue weighted by Gasteiger charge is 2.11. The Morgan fingerprint density at radius 2 is 1.46 bits per heavy atom. The van der Waals surface area contributed by atoms with E-state index >= 15 is 0 Å². The average molecular weight is 546 g/mol. The van der Waals surface area contributed by atoms with Gasteiger partial charge in [0.15, 0.2) is 0 Å². The fraction of sp³-hybridized carbons (Fsp3) is 0.515. The fourth-order valence-corrected chi connectivity index (χ4v) is 2.46. The molecule has 5 N–H and O–H groups in total. The van der Waals surface area contributed by atoms with Gasteiger partial charge < -0.3 is 26.3 Å². The van der Waals surface area contributed by atoms with Gasteiger partial charge in [-0.25, -0.2) is 0 Å². The first-order valence-electron chi connectivity index (χ1n) is 14.0. The Labute approximate surface area is 240 Å². The van der Waals surface area contributed by atoms with Gasteiger partial charge in [-0.05, 0) is 91.7 Å². The number of carbonyl (C=O) groups is 2. The highest BCUT2D eigenvalue weighted by atomic mass is 16.5. The summed E-state index contributed by atoms with van der Waals surface area (Å²) in [6, 6.07) is 18.5. The van der Waals surface area contributed by atoms with Gasteiger partial charge in [0.05, 0.1) is 0 Å². The molecule has 0 spiro atoms. The van der Waals surface area contributed by atoms with Crippen molar-refractivity contribution in [1.82, 2.24) is 5.32 Å². The first kappa shape index (κ1) is 43.1. The molecule has 0 aliphatic rings. The third-order valence-corrected chi connectivity index (χ3v) is 4.38. The molecular formula is C33H59N3O3. The molecule has 6 heteroatoms. The molecule has 0 aliphatic heterocycles. The number of ether oxygens (including phenoxy) is 1. The Bertz CT molecular complexity index is 828. The van der Waals surface area contributed by atoms with Crippen molar-refractivity contribution < 1.29 is 14.3 Å². The SMILES string of the molecule is CC.CC.CC/C(=C/c1ccc(OC(C)(C)C)cc1)C(N)=O.CC=O.CNC(C)CCN.Cc1ccccc1. The predicted molar refractivity (Wildman–Crippen MR) is 172 cm³/mol. The number of hydrogen-bond acceptors (Lipinski definition) is 5. The van der Waals surface area contributed by atoms with Crippen LogP contribution in [0.2, 0.25) is 0 Å². The summed E-state index contributed by atoms with van der Waals surface area (Å²) < 4.78 is 5.72. The van der Waals surface area contributed by atoms with Crippen molar-refractivity contribution >= 4 is 18.3 Å². The van der Waals surface area contributed by atoms with Gasteiger partial charge in [0.25, 0.3) is 0 Å². The van der Waals surface area contributed by atoms with E-state index in [-0.39, 0.29) is 11.5 Å². The lowest BCUT2D eigenvalue weighted by Crippen LogP contribution is -2.23. The molecular weight excluding hydrogens is 486 g/mol. The van der Waals surface area contributed by atoms with Gasteiger partial charge in [-0.15, -0.1) is 0 Å². The molecule has 0 aromatic heterocycles. The van der Waals surface area contributed by atoms with Crippen molar-refractivity contribution in [2.24, 2.45) is 11.5 Å². The Kier molecular flexibility index (Phi) is 32.7. The summed E-state index contributed by atoms with van der Waals surface area (Å²) in [6.45, 7) is 22.3. The van der Waals surface area contributed by atoms with Gasteiger partial charge in [0.1, 0.15) is 17.6 Å². The third-order valence-electron chi connectivity index (χ3n) is 4.38. The molecule has 39 heavy (non-hydrogen) atoms. The molecule has 6 nitrogen and oxygen atoms in total. The summed E-state index contributed by atoms with van der Waals surface area (Å²) in [4.78, 5) is 19.9. The van der Waals surface area contributed by atoms with Crippen LogP contribution in [0.25, 0.3) is 6.08 Å². The third kappa shape index (κ3) is 31.2. The summed E-state index contributed by atoms with van der Waals surface area (Å²) in [7, 11) is 1.94. The summed E-state index contributed by atoms with van der Waals surface area (Å²) >= 11 is 0. The lowest BCUT2D eigenvalue weighted by atomic mass is 10.1. The van der Waals surface area contributed by atoms with Gasteiger partial charge in [0, 0.05) is 11.6 Å². The number of aryl methyl sites for hydroxylation is 1. The van der Waals surface area contributed by atoms with Crippen LogP contribution >= 0.6 is 0 Å². The van der Waals surface area contributed by atoms with Crippen LogP contribution in [0, 0.1) is 6.92 Å². The van der Waals surface area contributed by atoms with Crippen molar-refractivity contribution in [3.05, 3.63) is 71.3 Å². The molecule has 224 valence electrons. The Morgan fingerprint density at radius 3 is 1.72 bits per heavy atom. The summed E-state index contributed by atoms with van der Waals surface area (Å²) in [5.41, 5.74) is 13.2. The Hall–Kier alpha value is -2.96. The second kappa shape index (κ2) is 29.6. The summed E-state index contributed by atoms with van der Waals surface area (Å²) in [5, 5.41) is 3.09. The largest absolute Gasteiger partial charge is 0.488 e. The van der Waals surface area contributed by atoms with Crippen LogP contribution < -0.4 is 21.5 Å². The van der Waals surface area contributed by atoms with Gasteiger partial charge in [-0.1, -0.05) is 82.6 Å². The smallest absolute Gasteiger partial charge is 0.244 e. The zero-order valence-corrected chi connectivity index (χ0v) is 26.9. The van der Waals surface area contributed by atoms with Crippen LogP contribution in [-0.2, 0) is 9.59 Å². The van der Waals surface area contributed by atoms with Crippen molar-refractivity contribution in [2.45, 2.75) is 101 Å².